The van der Waals surface area contributed by atoms with Crippen LogP contribution in [0.2, 0.25) is 0 Å². The molecule has 0 saturated heterocycles. The van der Waals surface area contributed by atoms with Gasteiger partial charge in [-0.05, 0) is 42.7 Å². The Hall–Kier alpha value is -2.06. The molecule has 28 heavy (non-hydrogen) atoms. The van der Waals surface area contributed by atoms with Gasteiger partial charge < -0.3 is 5.32 Å². The zero-order valence-corrected chi connectivity index (χ0v) is 17.9. The zero-order chi connectivity index (χ0) is 20.7. The molecular weight excluding hydrogens is 399 g/mol. The minimum absolute atomic E-state index is 0.239. The smallest absolute Gasteiger partial charge is 0.240 e. The second-order valence-corrected chi connectivity index (χ2v) is 9.49. The number of rotatable bonds is 9. The van der Waals surface area contributed by atoms with Crippen molar-refractivity contribution in [3.63, 3.8) is 0 Å². The maximum atomic E-state index is 13.6. The van der Waals surface area contributed by atoms with E-state index in [4.69, 9.17) is 0 Å². The summed E-state index contributed by atoms with van der Waals surface area (Å²) in [6.45, 7) is 3.83. The van der Waals surface area contributed by atoms with E-state index in [1.54, 1.807) is 30.3 Å². The number of amides is 1. The van der Waals surface area contributed by atoms with E-state index >= 15 is 0 Å². The van der Waals surface area contributed by atoms with Crippen molar-refractivity contribution >= 4 is 33.4 Å². The fourth-order valence-corrected chi connectivity index (χ4v) is 4.39. The van der Waals surface area contributed by atoms with Crippen LogP contribution in [-0.4, -0.2) is 39.4 Å². The minimum atomic E-state index is -3.60. The summed E-state index contributed by atoms with van der Waals surface area (Å²) in [5, 5.41) is 2.73. The SMILES string of the molecule is Cc1cccc(N(CC(=O)NCCSCc2ccccc2F)S(C)(=O)=O)c1C. The topological polar surface area (TPSA) is 66.5 Å². The highest BCUT2D eigenvalue weighted by atomic mass is 32.2. The van der Waals surface area contributed by atoms with Crippen molar-refractivity contribution in [2.75, 3.05) is 29.4 Å². The van der Waals surface area contributed by atoms with Crippen LogP contribution in [-0.2, 0) is 20.6 Å². The highest BCUT2D eigenvalue weighted by Gasteiger charge is 2.22. The highest BCUT2D eigenvalue weighted by molar-refractivity contribution is 7.98. The number of anilines is 1. The Morgan fingerprint density at radius 1 is 1.14 bits per heavy atom. The third-order valence-corrected chi connectivity index (χ3v) is 6.45. The van der Waals surface area contributed by atoms with Gasteiger partial charge in [-0.2, -0.15) is 11.8 Å². The number of nitrogens with one attached hydrogen (secondary N) is 1. The quantitative estimate of drug-likeness (QED) is 0.628. The minimum Gasteiger partial charge on any atom is -0.354 e. The fraction of sp³-hybridized carbons (Fsp3) is 0.350. The molecule has 0 atom stereocenters. The second kappa shape index (κ2) is 9.93. The van der Waals surface area contributed by atoms with Crippen LogP contribution in [0.25, 0.3) is 0 Å². The van der Waals surface area contributed by atoms with Gasteiger partial charge in [0.25, 0.3) is 0 Å². The lowest BCUT2D eigenvalue weighted by molar-refractivity contribution is -0.119. The van der Waals surface area contributed by atoms with Gasteiger partial charge >= 0.3 is 0 Å². The van der Waals surface area contributed by atoms with Crippen LogP contribution >= 0.6 is 11.8 Å². The van der Waals surface area contributed by atoms with Crippen LogP contribution < -0.4 is 9.62 Å². The van der Waals surface area contributed by atoms with Crippen molar-refractivity contribution in [1.29, 1.82) is 0 Å². The van der Waals surface area contributed by atoms with E-state index in [2.05, 4.69) is 5.32 Å². The summed E-state index contributed by atoms with van der Waals surface area (Å²) >= 11 is 1.50. The Balaban J connectivity index is 1.89. The van der Waals surface area contributed by atoms with Gasteiger partial charge in [-0.25, -0.2) is 12.8 Å². The number of thioether (sulfide) groups is 1. The van der Waals surface area contributed by atoms with E-state index in [0.717, 1.165) is 21.7 Å². The van der Waals surface area contributed by atoms with Crippen LogP contribution in [0.1, 0.15) is 16.7 Å². The summed E-state index contributed by atoms with van der Waals surface area (Å²) in [6.07, 6.45) is 1.09. The van der Waals surface area contributed by atoms with Gasteiger partial charge in [0.05, 0.1) is 11.9 Å². The van der Waals surface area contributed by atoms with Gasteiger partial charge in [-0.15, -0.1) is 0 Å². The maximum absolute atomic E-state index is 13.6. The molecule has 8 heteroatoms. The Morgan fingerprint density at radius 2 is 1.86 bits per heavy atom. The van der Waals surface area contributed by atoms with E-state index in [1.807, 2.05) is 19.9 Å². The molecular formula is C20H25FN2O3S2. The number of benzene rings is 2. The molecule has 5 nitrogen and oxygen atoms in total. The van der Waals surface area contributed by atoms with Gasteiger partial charge in [-0.3, -0.25) is 9.10 Å². The lowest BCUT2D eigenvalue weighted by Crippen LogP contribution is -2.41. The summed E-state index contributed by atoms with van der Waals surface area (Å²) in [4.78, 5) is 12.3. The third-order valence-electron chi connectivity index (χ3n) is 4.32. The van der Waals surface area contributed by atoms with Gasteiger partial charge in [0.2, 0.25) is 15.9 Å². The number of sulfonamides is 1. The van der Waals surface area contributed by atoms with E-state index < -0.39 is 10.0 Å². The molecule has 0 spiro atoms. The van der Waals surface area contributed by atoms with E-state index in [-0.39, 0.29) is 18.3 Å². The summed E-state index contributed by atoms with van der Waals surface area (Å²) in [5.41, 5.74) is 2.90. The maximum Gasteiger partial charge on any atom is 0.240 e. The molecule has 1 N–H and O–H groups in total. The van der Waals surface area contributed by atoms with E-state index in [9.17, 15) is 17.6 Å². The Bertz CT molecular complexity index is 933. The molecule has 0 aliphatic rings. The van der Waals surface area contributed by atoms with Crippen LogP contribution in [0.4, 0.5) is 10.1 Å². The molecule has 0 unspecified atom stereocenters. The first-order chi connectivity index (χ1) is 13.2. The number of halogens is 1. The van der Waals surface area contributed by atoms with Crippen LogP contribution in [0.5, 0.6) is 0 Å². The van der Waals surface area contributed by atoms with Crippen molar-refractivity contribution in [2.24, 2.45) is 0 Å². The average Bonchev–Trinajstić information content (AvgIpc) is 2.62. The van der Waals surface area contributed by atoms with Crippen molar-refractivity contribution in [3.05, 3.63) is 65.0 Å². The number of aryl methyl sites for hydroxylation is 1. The summed E-state index contributed by atoms with van der Waals surface area (Å²) in [7, 11) is -3.60. The summed E-state index contributed by atoms with van der Waals surface area (Å²) < 4.78 is 39.1. The van der Waals surface area contributed by atoms with Crippen molar-refractivity contribution in [1.82, 2.24) is 5.32 Å². The summed E-state index contributed by atoms with van der Waals surface area (Å²) in [6, 6.07) is 11.9. The molecule has 0 saturated carbocycles. The van der Waals surface area contributed by atoms with Crippen LogP contribution in [0, 0.1) is 19.7 Å². The molecule has 0 fully saturated rings. The molecule has 0 radical (unpaired) electrons. The monoisotopic (exact) mass is 424 g/mol. The molecule has 0 aliphatic heterocycles. The Kier molecular flexibility index (Phi) is 7.88. The number of carbonyl (C=O) groups is 1. The molecule has 1 amide bonds. The number of nitrogens with zero attached hydrogens (tertiary/aromatic N) is 1. The highest BCUT2D eigenvalue weighted by Crippen LogP contribution is 2.24. The molecule has 2 aromatic rings. The Morgan fingerprint density at radius 3 is 2.54 bits per heavy atom. The largest absolute Gasteiger partial charge is 0.354 e. The molecule has 2 rings (SSSR count). The predicted octanol–water partition coefficient (Wildman–Crippen LogP) is 3.26. The number of carbonyl (C=O) groups excluding carboxylic acids is 1. The lowest BCUT2D eigenvalue weighted by atomic mass is 10.1. The fourth-order valence-electron chi connectivity index (χ4n) is 2.63. The van der Waals surface area contributed by atoms with E-state index in [0.29, 0.717) is 29.3 Å². The third kappa shape index (κ3) is 6.24. The predicted molar refractivity (Wildman–Crippen MR) is 114 cm³/mol. The standard InChI is InChI=1S/C20H25FN2O3S2/c1-15-7-6-10-19(16(15)2)23(28(3,25)26)13-20(24)22-11-12-27-14-17-8-4-5-9-18(17)21/h4-10H,11-14H2,1-3H3,(H,22,24). The second-order valence-electron chi connectivity index (χ2n) is 6.48. The van der Waals surface area contributed by atoms with E-state index in [1.165, 1.54) is 17.8 Å². The molecule has 152 valence electrons. The first kappa shape index (κ1) is 22.2. The van der Waals surface area contributed by atoms with Crippen molar-refractivity contribution in [3.8, 4) is 0 Å². The molecule has 0 bridgehead atoms. The number of hydrogen-bond donors (Lipinski definition) is 1. The average molecular weight is 425 g/mol. The molecule has 2 aromatic carbocycles. The van der Waals surface area contributed by atoms with Gasteiger partial charge in [-0.1, -0.05) is 30.3 Å². The lowest BCUT2D eigenvalue weighted by Gasteiger charge is -2.24. The van der Waals surface area contributed by atoms with Crippen molar-refractivity contribution < 1.29 is 17.6 Å². The molecule has 0 aliphatic carbocycles. The van der Waals surface area contributed by atoms with Gasteiger partial charge in [0.15, 0.2) is 0 Å². The van der Waals surface area contributed by atoms with Crippen LogP contribution in [0.3, 0.4) is 0 Å². The first-order valence-corrected chi connectivity index (χ1v) is 11.8. The van der Waals surface area contributed by atoms with Gasteiger partial charge in [0, 0.05) is 18.1 Å². The summed E-state index contributed by atoms with van der Waals surface area (Å²) in [5.74, 6) is 0.498. The first-order valence-electron chi connectivity index (χ1n) is 8.82. The zero-order valence-electron chi connectivity index (χ0n) is 16.2. The van der Waals surface area contributed by atoms with Crippen LogP contribution in [0.15, 0.2) is 42.5 Å². The molecule has 0 aromatic heterocycles. The number of hydrogen-bond acceptors (Lipinski definition) is 4. The molecule has 0 heterocycles. The normalized spacial score (nSPS) is 11.3. The Labute approximate surface area is 170 Å². The van der Waals surface area contributed by atoms with Crippen molar-refractivity contribution in [2.45, 2.75) is 19.6 Å². The van der Waals surface area contributed by atoms with Gasteiger partial charge in [0.1, 0.15) is 12.4 Å².